The topological polar surface area (TPSA) is 0 Å². The van der Waals surface area contributed by atoms with Crippen LogP contribution in [-0.4, -0.2) is 6.66 Å². The summed E-state index contributed by atoms with van der Waals surface area (Å²) in [5.74, 6) is 0. The van der Waals surface area contributed by atoms with Crippen molar-refractivity contribution in [2.24, 2.45) is 0 Å². The van der Waals surface area contributed by atoms with E-state index in [4.69, 9.17) is 0 Å². The quantitative estimate of drug-likeness (QED) is 0.717. The smallest absolute Gasteiger partial charge is 0.0915 e. The van der Waals surface area contributed by atoms with Gasteiger partial charge in [0.05, 0.1) is 18.1 Å². The Balaban J connectivity index is 0.00000128. The van der Waals surface area contributed by atoms with E-state index in [1.165, 1.54) is 17.0 Å². The molecule has 2 heteroatoms. The van der Waals surface area contributed by atoms with Crippen LogP contribution in [-0.2, 0) is 6.16 Å². The molecule has 0 saturated heterocycles. The number of halogens is 1. The fourth-order valence-corrected chi connectivity index (χ4v) is 3.54. The van der Waals surface area contributed by atoms with E-state index in [1.54, 1.807) is 0 Å². The molecule has 0 saturated carbocycles. The first-order valence-corrected chi connectivity index (χ1v) is 7.49. The average molecular weight is 295 g/mol. The highest BCUT2D eigenvalue weighted by Gasteiger charge is 2.12. The van der Waals surface area contributed by atoms with Crippen LogP contribution in [0.3, 0.4) is 0 Å². The number of benzene rings is 2. The lowest BCUT2D eigenvalue weighted by Gasteiger charge is -2.04. The van der Waals surface area contributed by atoms with Crippen molar-refractivity contribution in [2.45, 2.75) is 6.16 Å². The van der Waals surface area contributed by atoms with Crippen LogP contribution in [0.5, 0.6) is 0 Å². The molecule has 0 amide bonds. The van der Waals surface area contributed by atoms with Gasteiger partial charge in [-0.1, -0.05) is 48.5 Å². The van der Waals surface area contributed by atoms with Crippen molar-refractivity contribution in [3.63, 3.8) is 0 Å². The predicted octanol–water partition coefficient (Wildman–Crippen LogP) is 0.360. The van der Waals surface area contributed by atoms with Crippen LogP contribution in [0.2, 0.25) is 0 Å². The third-order valence-electron chi connectivity index (χ3n) is 2.58. The summed E-state index contributed by atoms with van der Waals surface area (Å²) < 4.78 is 0. The first-order chi connectivity index (χ1) is 7.36. The molecule has 0 bridgehead atoms. The normalized spacial score (nSPS) is 11.6. The van der Waals surface area contributed by atoms with Crippen molar-refractivity contribution in [3.05, 3.63) is 66.2 Å². The predicted molar refractivity (Wildman–Crippen MR) is 70.5 cm³/mol. The van der Waals surface area contributed by atoms with Crippen molar-refractivity contribution < 1.29 is 17.0 Å². The summed E-state index contributed by atoms with van der Waals surface area (Å²) in [5.41, 5.74) is 1.46. The van der Waals surface area contributed by atoms with Crippen molar-refractivity contribution >= 4 is 13.2 Å². The van der Waals surface area contributed by atoms with Gasteiger partial charge in [0.2, 0.25) is 0 Å². The molecule has 0 aliphatic rings. The molecular weight excluding hydrogens is 279 g/mol. The maximum absolute atomic E-state index is 2.38. The minimum Gasteiger partial charge on any atom is -1.00 e. The van der Waals surface area contributed by atoms with E-state index in [0.29, 0.717) is 0 Å². The Bertz CT molecular complexity index is 400. The summed E-state index contributed by atoms with van der Waals surface area (Å²) in [7, 11) is -0.420. The molecule has 2 aromatic rings. The van der Waals surface area contributed by atoms with Gasteiger partial charge in [-0.25, -0.2) is 0 Å². The lowest BCUT2D eigenvalue weighted by molar-refractivity contribution is -0.00000304. The zero-order valence-corrected chi connectivity index (χ0v) is 11.9. The molecule has 2 rings (SSSR count). The van der Waals surface area contributed by atoms with Crippen LogP contribution >= 0.6 is 7.92 Å². The summed E-state index contributed by atoms with van der Waals surface area (Å²) in [6.07, 6.45) is 1.22. The molecule has 0 aliphatic carbocycles. The Morgan fingerprint density at radius 3 is 1.88 bits per heavy atom. The second kappa shape index (κ2) is 6.83. The third kappa shape index (κ3) is 3.73. The van der Waals surface area contributed by atoms with E-state index in [9.17, 15) is 0 Å². The summed E-state index contributed by atoms with van der Waals surface area (Å²) in [5, 5.41) is 1.52. The van der Waals surface area contributed by atoms with Gasteiger partial charge < -0.3 is 17.0 Å². The van der Waals surface area contributed by atoms with Crippen molar-refractivity contribution in [1.29, 1.82) is 0 Å². The van der Waals surface area contributed by atoms with Gasteiger partial charge in [0.15, 0.2) is 0 Å². The molecule has 0 radical (unpaired) electrons. The van der Waals surface area contributed by atoms with E-state index >= 15 is 0 Å². The molecule has 84 valence electrons. The van der Waals surface area contributed by atoms with Crippen molar-refractivity contribution in [3.8, 4) is 0 Å². The van der Waals surface area contributed by atoms with E-state index in [-0.39, 0.29) is 17.0 Å². The molecule has 2 aromatic carbocycles. The van der Waals surface area contributed by atoms with Gasteiger partial charge in [0, 0.05) is 7.92 Å². The van der Waals surface area contributed by atoms with E-state index < -0.39 is 7.92 Å². The van der Waals surface area contributed by atoms with Gasteiger partial charge in [-0.2, -0.15) is 0 Å². The number of hydrogen-bond donors (Lipinski definition) is 0. The highest BCUT2D eigenvalue weighted by Crippen LogP contribution is 2.33. The van der Waals surface area contributed by atoms with Crippen LogP contribution in [0.25, 0.3) is 0 Å². The molecule has 1 atom stereocenters. The maximum Gasteiger partial charge on any atom is 0.0915 e. The molecule has 0 aliphatic heterocycles. The summed E-state index contributed by atoms with van der Waals surface area (Å²) in [6.45, 7) is 2.38. The average Bonchev–Trinajstić information content (AvgIpc) is 2.31. The van der Waals surface area contributed by atoms with Gasteiger partial charge in [-0.3, -0.25) is 0 Å². The Morgan fingerprint density at radius 2 is 1.31 bits per heavy atom. The minimum absolute atomic E-state index is 0. The first-order valence-electron chi connectivity index (χ1n) is 5.28. The van der Waals surface area contributed by atoms with E-state index in [2.05, 4.69) is 67.3 Å². The largest absolute Gasteiger partial charge is 1.00 e. The van der Waals surface area contributed by atoms with Crippen LogP contribution in [0, 0.1) is 0 Å². The molecule has 16 heavy (non-hydrogen) atoms. The molecule has 1 unspecified atom stereocenters. The highest BCUT2D eigenvalue weighted by atomic mass is 79.9. The van der Waals surface area contributed by atoms with E-state index in [0.717, 1.165) is 0 Å². The molecular formula is C14H16BrP. The Labute approximate surface area is 109 Å². The zero-order valence-electron chi connectivity index (χ0n) is 9.36. The molecule has 0 fully saturated rings. The third-order valence-corrected chi connectivity index (χ3v) is 4.84. The zero-order chi connectivity index (χ0) is 10.5. The fourth-order valence-electron chi connectivity index (χ4n) is 1.73. The molecule has 0 heterocycles. The monoisotopic (exact) mass is 294 g/mol. The maximum atomic E-state index is 2.38. The summed E-state index contributed by atoms with van der Waals surface area (Å²) in [4.78, 5) is 0. The standard InChI is InChI=1S/C14H15P.BrH/c1-15(14-10-6-3-7-11-14)12-13-8-4-2-5-9-13;/h2-11H,12H2,1H3;1H. The van der Waals surface area contributed by atoms with Gasteiger partial charge >= 0.3 is 0 Å². The molecule has 0 spiro atoms. The number of hydrogen-bond acceptors (Lipinski definition) is 0. The van der Waals surface area contributed by atoms with Crippen molar-refractivity contribution in [2.75, 3.05) is 6.66 Å². The van der Waals surface area contributed by atoms with Crippen LogP contribution in [0.15, 0.2) is 60.7 Å². The number of rotatable bonds is 3. The van der Waals surface area contributed by atoms with Gasteiger partial charge in [-0.15, -0.1) is 0 Å². The second-order valence-electron chi connectivity index (χ2n) is 3.81. The molecule has 0 nitrogen and oxygen atoms in total. The lowest BCUT2D eigenvalue weighted by atomic mass is 10.2. The van der Waals surface area contributed by atoms with Crippen LogP contribution in [0.1, 0.15) is 5.56 Å². The summed E-state index contributed by atoms with van der Waals surface area (Å²) in [6, 6.07) is 21.6. The molecule has 0 aromatic heterocycles. The summed E-state index contributed by atoms with van der Waals surface area (Å²) >= 11 is 0. The lowest BCUT2D eigenvalue weighted by Crippen LogP contribution is -3.00. The second-order valence-corrected chi connectivity index (χ2v) is 6.30. The van der Waals surface area contributed by atoms with Crippen LogP contribution < -0.4 is 22.3 Å². The Hall–Kier alpha value is -0.650. The molecule has 0 N–H and O–H groups in total. The minimum atomic E-state index is -0.420. The Kier molecular flexibility index (Phi) is 5.73. The SMILES string of the molecule is C[PH+](Cc1ccccc1)c1ccccc1.[Br-]. The van der Waals surface area contributed by atoms with Gasteiger partial charge in [0.1, 0.15) is 0 Å². The first kappa shape index (κ1) is 13.4. The Morgan fingerprint density at radius 1 is 0.812 bits per heavy atom. The fraction of sp³-hybridized carbons (Fsp3) is 0.143. The van der Waals surface area contributed by atoms with Gasteiger partial charge in [0.25, 0.3) is 0 Å². The van der Waals surface area contributed by atoms with Gasteiger partial charge in [-0.05, 0) is 17.7 Å². The highest BCUT2D eigenvalue weighted by molar-refractivity contribution is 7.64. The van der Waals surface area contributed by atoms with E-state index in [1.807, 2.05) is 0 Å². The van der Waals surface area contributed by atoms with Crippen molar-refractivity contribution in [1.82, 2.24) is 0 Å². The van der Waals surface area contributed by atoms with Crippen LogP contribution in [0.4, 0.5) is 0 Å².